The van der Waals surface area contributed by atoms with E-state index in [1.54, 1.807) is 39.1 Å². The summed E-state index contributed by atoms with van der Waals surface area (Å²) in [5.41, 5.74) is 1.21. The van der Waals surface area contributed by atoms with Gasteiger partial charge in [-0.05, 0) is 37.6 Å². The van der Waals surface area contributed by atoms with Gasteiger partial charge in [0.2, 0.25) is 5.91 Å². The quantitative estimate of drug-likeness (QED) is 0.854. The summed E-state index contributed by atoms with van der Waals surface area (Å²) in [7, 11) is 1.65. The molecule has 2 N–H and O–H groups in total. The van der Waals surface area contributed by atoms with Gasteiger partial charge in [-0.1, -0.05) is 0 Å². The first kappa shape index (κ1) is 13.5. The lowest BCUT2D eigenvalue weighted by molar-refractivity contribution is -0.115. The molecule has 5 heteroatoms. The number of anilines is 1. The molecule has 0 spiro atoms. The van der Waals surface area contributed by atoms with Crippen LogP contribution >= 0.6 is 0 Å². The summed E-state index contributed by atoms with van der Waals surface area (Å²) >= 11 is 0. The molecule has 1 aliphatic rings. The number of fused-ring (bicyclic) bond motifs is 1. The molecule has 0 bridgehead atoms. The van der Waals surface area contributed by atoms with Crippen LogP contribution in [0.1, 0.15) is 29.8 Å². The van der Waals surface area contributed by atoms with Crippen molar-refractivity contribution in [2.75, 3.05) is 18.9 Å². The first-order valence-electron chi connectivity index (χ1n) is 6.17. The third-order valence-corrected chi connectivity index (χ3v) is 2.95. The van der Waals surface area contributed by atoms with Crippen LogP contribution in [0.15, 0.2) is 18.2 Å². The summed E-state index contributed by atoms with van der Waals surface area (Å²) in [6, 6.07) is 5.16. The molecule has 0 radical (unpaired) electrons. The molecule has 5 nitrogen and oxygen atoms in total. The fraction of sp³-hybridized carbons (Fsp3) is 0.429. The van der Waals surface area contributed by atoms with Crippen LogP contribution in [0, 0.1) is 0 Å². The van der Waals surface area contributed by atoms with E-state index in [9.17, 15) is 14.7 Å². The number of hydrogen-bond donors (Lipinski definition) is 2. The third kappa shape index (κ3) is 3.12. The van der Waals surface area contributed by atoms with Crippen molar-refractivity contribution in [2.45, 2.75) is 25.9 Å². The average molecular weight is 262 g/mol. The van der Waals surface area contributed by atoms with Crippen molar-refractivity contribution in [2.24, 2.45) is 0 Å². The number of likely N-dealkylation sites (N-methyl/N-ethyl adjacent to an activating group) is 1. The first-order chi connectivity index (χ1) is 8.76. The van der Waals surface area contributed by atoms with E-state index < -0.39 is 5.60 Å². The Labute approximate surface area is 112 Å². The van der Waals surface area contributed by atoms with Crippen molar-refractivity contribution in [3.63, 3.8) is 0 Å². The van der Waals surface area contributed by atoms with Gasteiger partial charge in [0, 0.05) is 24.8 Å². The van der Waals surface area contributed by atoms with Crippen LogP contribution in [0.5, 0.6) is 0 Å². The zero-order valence-electron chi connectivity index (χ0n) is 11.4. The summed E-state index contributed by atoms with van der Waals surface area (Å²) < 4.78 is 0. The highest BCUT2D eigenvalue weighted by atomic mass is 16.3. The average Bonchev–Trinajstić information content (AvgIpc) is 2.64. The predicted molar refractivity (Wildman–Crippen MR) is 72.0 cm³/mol. The molecule has 0 fully saturated rings. The van der Waals surface area contributed by atoms with Gasteiger partial charge in [-0.15, -0.1) is 0 Å². The molecule has 1 aliphatic heterocycles. The summed E-state index contributed by atoms with van der Waals surface area (Å²) in [5, 5.41) is 12.5. The molecule has 0 saturated heterocycles. The Morgan fingerprint density at radius 2 is 2.16 bits per heavy atom. The number of hydrogen-bond acceptors (Lipinski definition) is 3. The number of carbonyl (C=O) groups excluding carboxylic acids is 2. The monoisotopic (exact) mass is 262 g/mol. The minimum absolute atomic E-state index is 0.0514. The summed E-state index contributed by atoms with van der Waals surface area (Å²) in [6.07, 6.45) is 0.311. The normalized spacial score (nSPS) is 14.0. The number of nitrogens with zero attached hydrogens (tertiary/aromatic N) is 1. The molecule has 0 aromatic heterocycles. The molecule has 0 unspecified atom stereocenters. The fourth-order valence-corrected chi connectivity index (χ4v) is 2.23. The van der Waals surface area contributed by atoms with Gasteiger partial charge >= 0.3 is 0 Å². The Balaban J connectivity index is 2.17. The number of nitrogens with one attached hydrogen (secondary N) is 1. The van der Waals surface area contributed by atoms with Crippen LogP contribution in [0.3, 0.4) is 0 Å². The van der Waals surface area contributed by atoms with Crippen LogP contribution in [-0.2, 0) is 11.2 Å². The largest absolute Gasteiger partial charge is 0.389 e. The van der Waals surface area contributed by atoms with Gasteiger partial charge in [0.15, 0.2) is 0 Å². The molecular formula is C14H18N2O3. The molecule has 0 aliphatic carbocycles. The van der Waals surface area contributed by atoms with Gasteiger partial charge < -0.3 is 15.3 Å². The predicted octanol–water partition coefficient (Wildman–Crippen LogP) is 1.02. The lowest BCUT2D eigenvalue weighted by Crippen LogP contribution is -2.39. The molecule has 0 atom stereocenters. The van der Waals surface area contributed by atoms with Gasteiger partial charge in [-0.3, -0.25) is 9.59 Å². The second kappa shape index (κ2) is 4.66. The SMILES string of the molecule is CN(CC(C)(C)O)C(=O)c1ccc2c(c1)CC(=O)N2. The van der Waals surface area contributed by atoms with E-state index in [4.69, 9.17) is 0 Å². The molecule has 1 aromatic carbocycles. The summed E-state index contributed by atoms with van der Waals surface area (Å²) in [4.78, 5) is 25.0. The Hall–Kier alpha value is -1.88. The number of amides is 2. The molecule has 19 heavy (non-hydrogen) atoms. The van der Waals surface area contributed by atoms with Crippen molar-refractivity contribution in [1.29, 1.82) is 0 Å². The lowest BCUT2D eigenvalue weighted by atomic mass is 10.1. The van der Waals surface area contributed by atoms with Crippen molar-refractivity contribution in [1.82, 2.24) is 4.90 Å². The number of benzene rings is 1. The standard InChI is InChI=1S/C14H18N2O3/c1-14(2,19)8-16(3)13(18)9-4-5-11-10(6-9)7-12(17)15-11/h4-6,19H,7-8H2,1-3H3,(H,15,17). The van der Waals surface area contributed by atoms with E-state index >= 15 is 0 Å². The topological polar surface area (TPSA) is 69.6 Å². The third-order valence-electron chi connectivity index (χ3n) is 2.95. The van der Waals surface area contributed by atoms with Gasteiger partial charge in [-0.2, -0.15) is 0 Å². The van der Waals surface area contributed by atoms with Gasteiger partial charge in [0.25, 0.3) is 5.91 Å². The Kier molecular flexibility index (Phi) is 3.32. The summed E-state index contributed by atoms with van der Waals surface area (Å²) in [5.74, 6) is -0.214. The molecule has 0 saturated carbocycles. The molecular weight excluding hydrogens is 244 g/mol. The van der Waals surface area contributed by atoms with E-state index in [-0.39, 0.29) is 18.4 Å². The van der Waals surface area contributed by atoms with Crippen molar-refractivity contribution < 1.29 is 14.7 Å². The van der Waals surface area contributed by atoms with Gasteiger partial charge in [-0.25, -0.2) is 0 Å². The van der Waals surface area contributed by atoms with Crippen LogP contribution in [0.4, 0.5) is 5.69 Å². The second-order valence-corrected chi connectivity index (χ2v) is 5.57. The van der Waals surface area contributed by atoms with Crippen LogP contribution in [0.25, 0.3) is 0 Å². The Bertz CT molecular complexity index is 532. The fourth-order valence-electron chi connectivity index (χ4n) is 2.23. The molecule has 1 heterocycles. The minimum atomic E-state index is -0.932. The van der Waals surface area contributed by atoms with Gasteiger partial charge in [0.05, 0.1) is 12.0 Å². The lowest BCUT2D eigenvalue weighted by Gasteiger charge is -2.25. The molecule has 2 amide bonds. The first-order valence-corrected chi connectivity index (χ1v) is 6.17. The van der Waals surface area contributed by atoms with Crippen LogP contribution in [0.2, 0.25) is 0 Å². The number of aliphatic hydroxyl groups is 1. The maximum Gasteiger partial charge on any atom is 0.253 e. The number of carbonyl (C=O) groups is 2. The smallest absolute Gasteiger partial charge is 0.253 e. The maximum absolute atomic E-state index is 12.2. The van der Waals surface area contributed by atoms with E-state index in [2.05, 4.69) is 5.32 Å². The van der Waals surface area contributed by atoms with Crippen LogP contribution in [-0.4, -0.2) is 41.0 Å². The molecule has 102 valence electrons. The highest BCUT2D eigenvalue weighted by molar-refractivity contribution is 6.01. The van der Waals surface area contributed by atoms with E-state index in [1.807, 2.05) is 0 Å². The highest BCUT2D eigenvalue weighted by Crippen LogP contribution is 2.24. The summed E-state index contributed by atoms with van der Waals surface area (Å²) in [6.45, 7) is 3.56. The van der Waals surface area contributed by atoms with Crippen molar-refractivity contribution in [3.05, 3.63) is 29.3 Å². The molecule has 2 rings (SSSR count). The highest BCUT2D eigenvalue weighted by Gasteiger charge is 2.23. The van der Waals surface area contributed by atoms with E-state index in [1.165, 1.54) is 4.90 Å². The Morgan fingerprint density at radius 3 is 2.79 bits per heavy atom. The zero-order valence-corrected chi connectivity index (χ0v) is 11.4. The molecule has 1 aromatic rings. The van der Waals surface area contributed by atoms with Crippen molar-refractivity contribution >= 4 is 17.5 Å². The van der Waals surface area contributed by atoms with E-state index in [0.717, 1.165) is 11.3 Å². The van der Waals surface area contributed by atoms with E-state index in [0.29, 0.717) is 12.0 Å². The van der Waals surface area contributed by atoms with Gasteiger partial charge in [0.1, 0.15) is 0 Å². The second-order valence-electron chi connectivity index (χ2n) is 5.57. The van der Waals surface area contributed by atoms with Crippen LogP contribution < -0.4 is 5.32 Å². The zero-order chi connectivity index (χ0) is 14.2. The van der Waals surface area contributed by atoms with Crippen molar-refractivity contribution in [3.8, 4) is 0 Å². The Morgan fingerprint density at radius 1 is 1.47 bits per heavy atom. The number of rotatable bonds is 3. The maximum atomic E-state index is 12.2. The minimum Gasteiger partial charge on any atom is -0.389 e.